The fourth-order valence-corrected chi connectivity index (χ4v) is 1.42. The maximum absolute atomic E-state index is 5.26. The van der Waals surface area contributed by atoms with Gasteiger partial charge in [0.25, 0.3) is 0 Å². The molecule has 1 rings (SSSR count). The predicted octanol–water partition coefficient (Wildman–Crippen LogP) is 2.66. The Morgan fingerprint density at radius 2 is 1.62 bits per heavy atom. The van der Waals surface area contributed by atoms with Crippen LogP contribution in [-0.4, -0.2) is 14.2 Å². The Bertz CT molecular complexity index is 247. The Morgan fingerprint density at radius 1 is 1.08 bits per heavy atom. The van der Waals surface area contributed by atoms with Crippen LogP contribution >= 0.6 is 0 Å². The number of methoxy groups -OCH3 is 2. The van der Waals surface area contributed by atoms with E-state index in [-0.39, 0.29) is 0 Å². The molecular formula is C11H16O2. The average molecular weight is 180 g/mol. The van der Waals surface area contributed by atoms with Crippen molar-refractivity contribution in [2.45, 2.75) is 19.8 Å². The summed E-state index contributed by atoms with van der Waals surface area (Å²) in [4.78, 5) is 0. The van der Waals surface area contributed by atoms with E-state index in [0.717, 1.165) is 29.9 Å². The van der Waals surface area contributed by atoms with Gasteiger partial charge in [-0.15, -0.1) is 0 Å². The molecule has 2 nitrogen and oxygen atoms in total. The van der Waals surface area contributed by atoms with Gasteiger partial charge in [0.05, 0.1) is 14.2 Å². The minimum atomic E-state index is 0.918. The van der Waals surface area contributed by atoms with Gasteiger partial charge in [0.2, 0.25) is 0 Å². The van der Waals surface area contributed by atoms with Crippen molar-refractivity contribution in [3.05, 3.63) is 23.8 Å². The lowest BCUT2D eigenvalue weighted by atomic mass is 10.1. The molecule has 0 unspecified atom stereocenters. The average Bonchev–Trinajstić information content (AvgIpc) is 2.18. The van der Waals surface area contributed by atoms with Gasteiger partial charge in [-0.2, -0.15) is 0 Å². The Labute approximate surface area is 79.5 Å². The third-order valence-electron chi connectivity index (χ3n) is 2.03. The molecule has 0 aromatic heterocycles. The van der Waals surface area contributed by atoms with Crippen molar-refractivity contribution in [2.24, 2.45) is 0 Å². The highest BCUT2D eigenvalue weighted by atomic mass is 16.5. The second-order valence-corrected chi connectivity index (χ2v) is 2.89. The van der Waals surface area contributed by atoms with E-state index in [1.807, 2.05) is 18.2 Å². The van der Waals surface area contributed by atoms with Gasteiger partial charge in [-0.1, -0.05) is 19.4 Å². The first kappa shape index (κ1) is 9.90. The van der Waals surface area contributed by atoms with Gasteiger partial charge in [0, 0.05) is 5.56 Å². The highest BCUT2D eigenvalue weighted by Gasteiger charge is 2.07. The molecule has 0 aliphatic carbocycles. The Kier molecular flexibility index (Phi) is 3.62. The van der Waals surface area contributed by atoms with Crippen molar-refractivity contribution in [1.29, 1.82) is 0 Å². The standard InChI is InChI=1S/C11H16O2/c1-4-6-9-10(12-2)7-5-8-11(9)13-3/h5,7-8H,4,6H2,1-3H3. The molecule has 0 spiro atoms. The molecule has 0 amide bonds. The topological polar surface area (TPSA) is 18.5 Å². The summed E-state index contributed by atoms with van der Waals surface area (Å²) in [5.74, 6) is 1.84. The van der Waals surface area contributed by atoms with Gasteiger partial charge in [0.15, 0.2) is 0 Å². The van der Waals surface area contributed by atoms with E-state index >= 15 is 0 Å². The van der Waals surface area contributed by atoms with Crippen molar-refractivity contribution in [3.8, 4) is 11.5 Å². The van der Waals surface area contributed by atoms with E-state index < -0.39 is 0 Å². The molecule has 0 atom stereocenters. The van der Waals surface area contributed by atoms with Gasteiger partial charge in [-0.25, -0.2) is 0 Å². The van der Waals surface area contributed by atoms with E-state index in [9.17, 15) is 0 Å². The van der Waals surface area contributed by atoms with Gasteiger partial charge < -0.3 is 9.47 Å². The van der Waals surface area contributed by atoms with Crippen molar-refractivity contribution in [2.75, 3.05) is 14.2 Å². The maximum atomic E-state index is 5.26. The van der Waals surface area contributed by atoms with Gasteiger partial charge in [-0.3, -0.25) is 0 Å². The molecule has 0 radical (unpaired) electrons. The lowest BCUT2D eigenvalue weighted by Gasteiger charge is -2.11. The molecule has 0 aliphatic heterocycles. The van der Waals surface area contributed by atoms with Crippen LogP contribution in [0.15, 0.2) is 18.2 Å². The van der Waals surface area contributed by atoms with E-state index in [1.54, 1.807) is 14.2 Å². The summed E-state index contributed by atoms with van der Waals surface area (Å²) in [7, 11) is 3.38. The minimum Gasteiger partial charge on any atom is -0.496 e. The third-order valence-corrected chi connectivity index (χ3v) is 2.03. The summed E-state index contributed by atoms with van der Waals surface area (Å²) in [6, 6.07) is 5.87. The molecule has 1 aromatic carbocycles. The Balaban J connectivity index is 3.05. The lowest BCUT2D eigenvalue weighted by molar-refractivity contribution is 0.385. The zero-order valence-electron chi connectivity index (χ0n) is 8.46. The number of hydrogen-bond donors (Lipinski definition) is 0. The molecule has 72 valence electrons. The van der Waals surface area contributed by atoms with Crippen molar-refractivity contribution >= 4 is 0 Å². The van der Waals surface area contributed by atoms with Crippen LogP contribution in [-0.2, 0) is 6.42 Å². The van der Waals surface area contributed by atoms with Crippen molar-refractivity contribution in [3.63, 3.8) is 0 Å². The summed E-state index contributed by atoms with van der Waals surface area (Å²) in [6.07, 6.45) is 2.09. The molecule has 2 heteroatoms. The first-order valence-corrected chi connectivity index (χ1v) is 4.53. The number of ether oxygens (including phenoxy) is 2. The van der Waals surface area contributed by atoms with E-state index in [1.165, 1.54) is 0 Å². The molecule has 0 fully saturated rings. The third kappa shape index (κ3) is 2.14. The highest BCUT2D eigenvalue weighted by Crippen LogP contribution is 2.29. The Morgan fingerprint density at radius 3 is 2.00 bits per heavy atom. The van der Waals surface area contributed by atoms with E-state index in [0.29, 0.717) is 0 Å². The first-order valence-electron chi connectivity index (χ1n) is 4.53. The Hall–Kier alpha value is -1.18. The van der Waals surface area contributed by atoms with Gasteiger partial charge in [0.1, 0.15) is 11.5 Å². The predicted molar refractivity (Wildman–Crippen MR) is 53.5 cm³/mol. The smallest absolute Gasteiger partial charge is 0.125 e. The molecule has 0 saturated heterocycles. The fourth-order valence-electron chi connectivity index (χ4n) is 1.42. The number of benzene rings is 1. The second-order valence-electron chi connectivity index (χ2n) is 2.89. The van der Waals surface area contributed by atoms with Crippen LogP contribution in [0.3, 0.4) is 0 Å². The molecule has 0 aliphatic rings. The van der Waals surface area contributed by atoms with Gasteiger partial charge in [-0.05, 0) is 18.6 Å². The van der Waals surface area contributed by atoms with Gasteiger partial charge >= 0.3 is 0 Å². The molecule has 1 aromatic rings. The van der Waals surface area contributed by atoms with Crippen LogP contribution in [0.2, 0.25) is 0 Å². The monoisotopic (exact) mass is 180 g/mol. The molecule has 0 N–H and O–H groups in total. The van der Waals surface area contributed by atoms with Crippen LogP contribution in [0.1, 0.15) is 18.9 Å². The zero-order chi connectivity index (χ0) is 9.68. The summed E-state index contributed by atoms with van der Waals surface area (Å²) >= 11 is 0. The zero-order valence-corrected chi connectivity index (χ0v) is 8.46. The van der Waals surface area contributed by atoms with Crippen molar-refractivity contribution < 1.29 is 9.47 Å². The molecule has 0 bridgehead atoms. The number of rotatable bonds is 4. The molecular weight excluding hydrogens is 164 g/mol. The summed E-state index contributed by atoms with van der Waals surface area (Å²) in [5.41, 5.74) is 1.16. The molecule has 0 saturated carbocycles. The molecule has 13 heavy (non-hydrogen) atoms. The van der Waals surface area contributed by atoms with Crippen LogP contribution in [0.5, 0.6) is 11.5 Å². The van der Waals surface area contributed by atoms with E-state index in [4.69, 9.17) is 9.47 Å². The summed E-state index contributed by atoms with van der Waals surface area (Å²) in [6.45, 7) is 2.14. The molecule has 0 heterocycles. The largest absolute Gasteiger partial charge is 0.496 e. The minimum absolute atomic E-state index is 0.918. The number of hydrogen-bond acceptors (Lipinski definition) is 2. The maximum Gasteiger partial charge on any atom is 0.125 e. The van der Waals surface area contributed by atoms with Crippen LogP contribution < -0.4 is 9.47 Å². The van der Waals surface area contributed by atoms with Crippen LogP contribution in [0.4, 0.5) is 0 Å². The second kappa shape index (κ2) is 4.75. The van der Waals surface area contributed by atoms with Crippen molar-refractivity contribution in [1.82, 2.24) is 0 Å². The lowest BCUT2D eigenvalue weighted by Crippen LogP contribution is -1.95. The van der Waals surface area contributed by atoms with Crippen LogP contribution in [0.25, 0.3) is 0 Å². The van der Waals surface area contributed by atoms with Crippen LogP contribution in [0, 0.1) is 0 Å². The van der Waals surface area contributed by atoms with E-state index in [2.05, 4.69) is 6.92 Å². The fraction of sp³-hybridized carbons (Fsp3) is 0.455. The first-order chi connectivity index (χ1) is 6.33. The summed E-state index contributed by atoms with van der Waals surface area (Å²) < 4.78 is 10.5. The quantitative estimate of drug-likeness (QED) is 0.709. The summed E-state index contributed by atoms with van der Waals surface area (Å²) in [5, 5.41) is 0. The SMILES string of the molecule is CCCc1c(OC)cccc1OC. The normalized spacial score (nSPS) is 9.77. The highest BCUT2D eigenvalue weighted by molar-refractivity contribution is 5.44.